The third-order valence-corrected chi connectivity index (χ3v) is 2.59. The molecule has 8 nitrogen and oxygen atoms in total. The van der Waals surface area contributed by atoms with E-state index in [4.69, 9.17) is 0 Å². The maximum Gasteiger partial charge on any atom is 0.287 e. The monoisotopic (exact) mass is 262 g/mol. The molecule has 0 bridgehead atoms. The quantitative estimate of drug-likeness (QED) is 0.651. The van der Waals surface area contributed by atoms with Crippen LogP contribution in [-0.4, -0.2) is 24.7 Å². The van der Waals surface area contributed by atoms with Gasteiger partial charge in [0.1, 0.15) is 18.3 Å². The van der Waals surface area contributed by atoms with Gasteiger partial charge in [-0.15, -0.1) is 10.2 Å². The first-order valence-electron chi connectivity index (χ1n) is 5.80. The summed E-state index contributed by atoms with van der Waals surface area (Å²) in [6.07, 6.45) is 2.89. The van der Waals surface area contributed by atoms with Gasteiger partial charge in [0.05, 0.1) is 11.5 Å². The molecule has 0 radical (unpaired) electrons. The fourth-order valence-electron chi connectivity index (χ4n) is 1.59. The van der Waals surface area contributed by atoms with Gasteiger partial charge in [0.15, 0.2) is 5.82 Å². The molecule has 0 aliphatic rings. The van der Waals surface area contributed by atoms with Crippen molar-refractivity contribution in [1.29, 1.82) is 0 Å². The van der Waals surface area contributed by atoms with E-state index in [9.17, 15) is 10.1 Å². The molecule has 0 amide bonds. The lowest BCUT2D eigenvalue weighted by Crippen LogP contribution is -2.10. The number of pyridine rings is 1. The van der Waals surface area contributed by atoms with Crippen LogP contribution in [0.15, 0.2) is 24.7 Å². The highest BCUT2D eigenvalue weighted by Crippen LogP contribution is 2.13. The maximum atomic E-state index is 10.5. The third kappa shape index (κ3) is 3.03. The molecule has 100 valence electrons. The van der Waals surface area contributed by atoms with Gasteiger partial charge in [0.25, 0.3) is 5.69 Å². The number of nitro groups is 1. The number of anilines is 1. The molecule has 0 aromatic carbocycles. The van der Waals surface area contributed by atoms with Gasteiger partial charge in [-0.05, 0) is 19.9 Å². The van der Waals surface area contributed by atoms with Gasteiger partial charge in [0, 0.05) is 12.1 Å². The van der Waals surface area contributed by atoms with Gasteiger partial charge >= 0.3 is 0 Å². The standard InChI is InChI=1S/C11H14N6O2/c1-8(2)16-7-14-15-11(16)6-13-10-4-3-9(5-12-10)17(18)19/h3-5,7-8H,6H2,1-2H3,(H,12,13). The predicted molar refractivity (Wildman–Crippen MR) is 68.6 cm³/mol. The molecule has 0 aliphatic carbocycles. The van der Waals surface area contributed by atoms with Crippen LogP contribution in [0.5, 0.6) is 0 Å². The lowest BCUT2D eigenvalue weighted by Gasteiger charge is -2.10. The largest absolute Gasteiger partial charge is 0.363 e. The van der Waals surface area contributed by atoms with Crippen molar-refractivity contribution in [3.05, 3.63) is 40.6 Å². The van der Waals surface area contributed by atoms with Gasteiger partial charge in [-0.1, -0.05) is 0 Å². The highest BCUT2D eigenvalue weighted by Gasteiger charge is 2.08. The highest BCUT2D eigenvalue weighted by molar-refractivity contribution is 5.40. The minimum Gasteiger partial charge on any atom is -0.363 e. The van der Waals surface area contributed by atoms with E-state index < -0.39 is 4.92 Å². The Hall–Kier alpha value is -2.51. The number of rotatable bonds is 5. The zero-order valence-corrected chi connectivity index (χ0v) is 10.6. The van der Waals surface area contributed by atoms with Crippen molar-refractivity contribution in [2.24, 2.45) is 0 Å². The van der Waals surface area contributed by atoms with Crippen LogP contribution in [0, 0.1) is 10.1 Å². The van der Waals surface area contributed by atoms with Crippen molar-refractivity contribution < 1.29 is 4.92 Å². The van der Waals surface area contributed by atoms with Crippen LogP contribution in [-0.2, 0) is 6.54 Å². The second-order valence-electron chi connectivity index (χ2n) is 4.26. The van der Waals surface area contributed by atoms with E-state index in [1.54, 1.807) is 12.4 Å². The second-order valence-corrected chi connectivity index (χ2v) is 4.26. The molecule has 0 fully saturated rings. The Morgan fingerprint density at radius 1 is 1.47 bits per heavy atom. The Balaban J connectivity index is 2.02. The summed E-state index contributed by atoms with van der Waals surface area (Å²) in [5.74, 6) is 1.35. The number of nitrogens with one attached hydrogen (secondary N) is 1. The number of aromatic nitrogens is 4. The molecule has 0 unspecified atom stereocenters. The molecule has 1 N–H and O–H groups in total. The van der Waals surface area contributed by atoms with Crippen molar-refractivity contribution in [1.82, 2.24) is 19.7 Å². The van der Waals surface area contributed by atoms with Crippen LogP contribution in [0.2, 0.25) is 0 Å². The average molecular weight is 262 g/mol. The van der Waals surface area contributed by atoms with Gasteiger partial charge in [-0.3, -0.25) is 10.1 Å². The second kappa shape index (κ2) is 5.42. The summed E-state index contributed by atoms with van der Waals surface area (Å²) < 4.78 is 1.94. The first-order chi connectivity index (χ1) is 9.08. The lowest BCUT2D eigenvalue weighted by atomic mass is 10.3. The first-order valence-corrected chi connectivity index (χ1v) is 5.80. The van der Waals surface area contributed by atoms with Crippen molar-refractivity contribution >= 4 is 11.5 Å². The summed E-state index contributed by atoms with van der Waals surface area (Å²) in [6, 6.07) is 3.24. The molecule has 0 atom stereocenters. The minimum absolute atomic E-state index is 0.0316. The van der Waals surface area contributed by atoms with Gasteiger partial charge in [-0.25, -0.2) is 4.98 Å². The average Bonchev–Trinajstić information content (AvgIpc) is 2.85. The molecule has 2 aromatic heterocycles. The van der Waals surface area contributed by atoms with Gasteiger partial charge in [-0.2, -0.15) is 0 Å². The minimum atomic E-state index is -0.480. The Labute approximate surface area is 109 Å². The van der Waals surface area contributed by atoms with Crippen LogP contribution in [0.25, 0.3) is 0 Å². The molecule has 8 heteroatoms. The molecule has 19 heavy (non-hydrogen) atoms. The summed E-state index contributed by atoms with van der Waals surface area (Å²) in [6.45, 7) is 4.54. The highest BCUT2D eigenvalue weighted by atomic mass is 16.6. The first kappa shape index (κ1) is 12.9. The molecule has 2 rings (SSSR count). The summed E-state index contributed by atoms with van der Waals surface area (Å²) in [5.41, 5.74) is -0.0316. The van der Waals surface area contributed by atoms with Crippen LogP contribution >= 0.6 is 0 Å². The summed E-state index contributed by atoms with van der Waals surface area (Å²) in [7, 11) is 0. The normalized spacial score (nSPS) is 10.7. The van der Waals surface area contributed by atoms with Crippen molar-refractivity contribution in [3.63, 3.8) is 0 Å². The van der Waals surface area contributed by atoms with E-state index in [0.29, 0.717) is 12.4 Å². The van der Waals surface area contributed by atoms with E-state index in [-0.39, 0.29) is 11.7 Å². The lowest BCUT2D eigenvalue weighted by molar-refractivity contribution is -0.385. The van der Waals surface area contributed by atoms with E-state index in [2.05, 4.69) is 20.5 Å². The molecule has 0 aliphatic heterocycles. The smallest absolute Gasteiger partial charge is 0.287 e. The predicted octanol–water partition coefficient (Wildman–Crippen LogP) is 1.77. The van der Waals surface area contributed by atoms with Crippen LogP contribution in [0.1, 0.15) is 25.7 Å². The molecule has 0 saturated carbocycles. The van der Waals surface area contributed by atoms with Crippen LogP contribution < -0.4 is 5.32 Å². The molecule has 2 heterocycles. The Bertz CT molecular complexity index is 563. The number of hydrogen-bond acceptors (Lipinski definition) is 6. The van der Waals surface area contributed by atoms with Gasteiger partial charge in [0.2, 0.25) is 0 Å². The van der Waals surface area contributed by atoms with Crippen molar-refractivity contribution in [2.75, 3.05) is 5.32 Å². The van der Waals surface area contributed by atoms with Crippen molar-refractivity contribution in [2.45, 2.75) is 26.4 Å². The van der Waals surface area contributed by atoms with E-state index >= 15 is 0 Å². The summed E-state index contributed by atoms with van der Waals surface area (Å²) >= 11 is 0. The van der Waals surface area contributed by atoms with Crippen molar-refractivity contribution in [3.8, 4) is 0 Å². The van der Waals surface area contributed by atoms with Crippen LogP contribution in [0.4, 0.5) is 11.5 Å². The zero-order valence-electron chi connectivity index (χ0n) is 10.6. The molecule has 0 saturated heterocycles. The SMILES string of the molecule is CC(C)n1cnnc1CNc1ccc([N+](=O)[O-])cn1. The van der Waals surface area contributed by atoms with E-state index in [1.165, 1.54) is 12.3 Å². The zero-order chi connectivity index (χ0) is 13.8. The molecular formula is C11H14N6O2. The van der Waals surface area contributed by atoms with E-state index in [1.807, 2.05) is 18.4 Å². The van der Waals surface area contributed by atoms with E-state index in [0.717, 1.165) is 5.82 Å². The fraction of sp³-hybridized carbons (Fsp3) is 0.364. The molecule has 2 aromatic rings. The Morgan fingerprint density at radius 3 is 2.84 bits per heavy atom. The Morgan fingerprint density at radius 2 is 2.26 bits per heavy atom. The topological polar surface area (TPSA) is 98.8 Å². The number of nitrogens with zero attached hydrogens (tertiary/aromatic N) is 5. The Kier molecular flexibility index (Phi) is 3.69. The van der Waals surface area contributed by atoms with Crippen LogP contribution in [0.3, 0.4) is 0 Å². The fourth-order valence-corrected chi connectivity index (χ4v) is 1.59. The number of hydrogen-bond donors (Lipinski definition) is 1. The maximum absolute atomic E-state index is 10.5. The van der Waals surface area contributed by atoms with Gasteiger partial charge < -0.3 is 9.88 Å². The molecular weight excluding hydrogens is 248 g/mol. The third-order valence-electron chi connectivity index (χ3n) is 2.59. The summed E-state index contributed by atoms with van der Waals surface area (Å²) in [4.78, 5) is 14.0. The molecule has 0 spiro atoms. The summed E-state index contributed by atoms with van der Waals surface area (Å²) in [5, 5.41) is 21.4.